The van der Waals surface area contributed by atoms with Crippen LogP contribution in [0.25, 0.3) is 0 Å². The van der Waals surface area contributed by atoms with Gasteiger partial charge in [0.25, 0.3) is 0 Å². The van der Waals surface area contributed by atoms with Gasteiger partial charge < -0.3 is 15.5 Å². The molecule has 0 saturated carbocycles. The molecule has 0 fully saturated rings. The highest BCUT2D eigenvalue weighted by atomic mass is 127. The molecule has 5 nitrogen and oxygen atoms in total. The van der Waals surface area contributed by atoms with Crippen molar-refractivity contribution < 1.29 is 0 Å². The first-order chi connectivity index (χ1) is 11.7. The van der Waals surface area contributed by atoms with Crippen LogP contribution < -0.4 is 10.6 Å². The maximum Gasteiger partial charge on any atom is 0.191 e. The zero-order valence-electron chi connectivity index (χ0n) is 16.3. The van der Waals surface area contributed by atoms with Crippen molar-refractivity contribution in [3.8, 4) is 0 Å². The Kier molecular flexibility index (Phi) is 15.6. The first-order valence-corrected chi connectivity index (χ1v) is 10.2. The van der Waals surface area contributed by atoms with Gasteiger partial charge in [0.15, 0.2) is 5.96 Å². The van der Waals surface area contributed by atoms with Crippen LogP contribution >= 0.6 is 35.3 Å². The minimum Gasteiger partial charge on any atom is -0.357 e. The van der Waals surface area contributed by atoms with Crippen molar-refractivity contribution in [1.82, 2.24) is 20.5 Å². The number of aryl methyl sites for hydroxylation is 1. The van der Waals surface area contributed by atoms with Gasteiger partial charge in [-0.3, -0.25) is 4.99 Å². The molecule has 0 unspecified atom stereocenters. The Hall–Kier alpha value is -0.410. The van der Waals surface area contributed by atoms with Crippen LogP contribution in [0.5, 0.6) is 0 Å². The van der Waals surface area contributed by atoms with E-state index in [4.69, 9.17) is 4.99 Å². The van der Waals surface area contributed by atoms with Crippen LogP contribution in [0, 0.1) is 6.92 Å². The Bertz CT molecular complexity index is 458. The second-order valence-electron chi connectivity index (χ2n) is 6.00. The fourth-order valence-corrected chi connectivity index (χ4v) is 3.39. The number of nitrogens with one attached hydrogen (secondary N) is 2. The molecule has 0 bridgehead atoms. The zero-order valence-corrected chi connectivity index (χ0v) is 19.5. The Morgan fingerprint density at radius 2 is 1.88 bits per heavy atom. The lowest BCUT2D eigenvalue weighted by atomic mass is 10.3. The van der Waals surface area contributed by atoms with E-state index in [1.807, 2.05) is 6.20 Å². The summed E-state index contributed by atoms with van der Waals surface area (Å²) in [6.07, 6.45) is 6.46. The maximum absolute atomic E-state index is 4.69. The number of aliphatic imine (C=N–C) groups is 1. The number of thiazole rings is 1. The van der Waals surface area contributed by atoms with Gasteiger partial charge in [0.05, 0.1) is 5.01 Å². The van der Waals surface area contributed by atoms with E-state index in [1.165, 1.54) is 35.8 Å². The molecule has 2 N–H and O–H groups in total. The molecule has 146 valence electrons. The normalized spacial score (nSPS) is 11.5. The zero-order chi connectivity index (χ0) is 17.6. The van der Waals surface area contributed by atoms with E-state index in [-0.39, 0.29) is 24.0 Å². The van der Waals surface area contributed by atoms with Crippen LogP contribution in [0.2, 0.25) is 0 Å². The summed E-state index contributed by atoms with van der Waals surface area (Å²) in [7, 11) is 0. The summed E-state index contributed by atoms with van der Waals surface area (Å²) >= 11 is 1.77. The molecule has 1 rings (SSSR count). The van der Waals surface area contributed by atoms with Gasteiger partial charge >= 0.3 is 0 Å². The molecule has 0 aliphatic rings. The predicted molar refractivity (Wildman–Crippen MR) is 122 cm³/mol. The summed E-state index contributed by atoms with van der Waals surface area (Å²) in [5.74, 6) is 0.920. The highest BCUT2D eigenvalue weighted by Crippen LogP contribution is 2.10. The number of halogens is 1. The standard InChI is InChI=1S/C18H35N5S.HI/c1-5-12-23(13-6-2)14-8-10-20-18(19-7-3)21-11-9-17-22-15-16(4)24-17;/h15H,5-14H2,1-4H3,(H2,19,20,21);1H. The SMILES string of the molecule is CCCN(CCC)CCCN=C(NCC)NCCc1ncc(C)s1.I. The molecule has 7 heteroatoms. The molecule has 0 aliphatic carbocycles. The summed E-state index contributed by atoms with van der Waals surface area (Å²) in [5, 5.41) is 7.92. The first kappa shape index (κ1) is 24.6. The van der Waals surface area contributed by atoms with E-state index < -0.39 is 0 Å². The Morgan fingerprint density at radius 3 is 2.44 bits per heavy atom. The molecule has 0 aliphatic heterocycles. The van der Waals surface area contributed by atoms with Crippen LogP contribution in [-0.2, 0) is 6.42 Å². The van der Waals surface area contributed by atoms with E-state index in [0.29, 0.717) is 0 Å². The number of nitrogens with zero attached hydrogens (tertiary/aromatic N) is 3. The quantitative estimate of drug-likeness (QED) is 0.207. The van der Waals surface area contributed by atoms with E-state index in [0.717, 1.165) is 45.0 Å². The number of guanidine groups is 1. The maximum atomic E-state index is 4.69. The van der Waals surface area contributed by atoms with Crippen molar-refractivity contribution in [2.45, 2.75) is 53.4 Å². The van der Waals surface area contributed by atoms with Crippen molar-refractivity contribution in [2.75, 3.05) is 39.3 Å². The highest BCUT2D eigenvalue weighted by molar-refractivity contribution is 14.0. The average molecular weight is 481 g/mol. The van der Waals surface area contributed by atoms with Gasteiger partial charge in [-0.15, -0.1) is 35.3 Å². The van der Waals surface area contributed by atoms with Crippen molar-refractivity contribution in [3.05, 3.63) is 16.1 Å². The second kappa shape index (κ2) is 15.8. The van der Waals surface area contributed by atoms with Crippen molar-refractivity contribution in [1.29, 1.82) is 0 Å². The average Bonchev–Trinajstić information content (AvgIpc) is 2.97. The Labute approximate surface area is 175 Å². The monoisotopic (exact) mass is 481 g/mol. The summed E-state index contributed by atoms with van der Waals surface area (Å²) in [5.41, 5.74) is 0. The molecule has 0 amide bonds. The minimum absolute atomic E-state index is 0. The molecule has 0 saturated heterocycles. The molecule has 0 radical (unpaired) electrons. The van der Waals surface area contributed by atoms with E-state index >= 15 is 0 Å². The third-order valence-corrected chi connectivity index (χ3v) is 4.60. The lowest BCUT2D eigenvalue weighted by Crippen LogP contribution is -2.38. The third-order valence-electron chi connectivity index (χ3n) is 3.63. The van der Waals surface area contributed by atoms with Crippen LogP contribution in [0.15, 0.2) is 11.2 Å². The van der Waals surface area contributed by atoms with Crippen LogP contribution in [0.4, 0.5) is 0 Å². The van der Waals surface area contributed by atoms with Crippen molar-refractivity contribution in [2.24, 2.45) is 4.99 Å². The van der Waals surface area contributed by atoms with Crippen LogP contribution in [0.3, 0.4) is 0 Å². The molecule has 1 heterocycles. The van der Waals surface area contributed by atoms with Crippen LogP contribution in [-0.4, -0.2) is 55.1 Å². The van der Waals surface area contributed by atoms with E-state index in [2.05, 4.69) is 48.2 Å². The molecule has 0 aromatic carbocycles. The number of aromatic nitrogens is 1. The summed E-state index contributed by atoms with van der Waals surface area (Å²) in [6.45, 7) is 14.9. The van der Waals surface area contributed by atoms with E-state index in [9.17, 15) is 0 Å². The fraction of sp³-hybridized carbons (Fsp3) is 0.778. The smallest absolute Gasteiger partial charge is 0.191 e. The molecular formula is C18H36IN5S. The largest absolute Gasteiger partial charge is 0.357 e. The van der Waals surface area contributed by atoms with Gasteiger partial charge in [0.1, 0.15) is 0 Å². The Balaban J connectivity index is 0.00000576. The molecule has 0 spiro atoms. The molecule has 1 aromatic heterocycles. The van der Waals surface area contributed by atoms with E-state index in [1.54, 1.807) is 11.3 Å². The topological polar surface area (TPSA) is 52.5 Å². The first-order valence-electron chi connectivity index (χ1n) is 9.35. The summed E-state index contributed by atoms with van der Waals surface area (Å²) < 4.78 is 0. The number of hydrogen-bond acceptors (Lipinski definition) is 4. The van der Waals surface area contributed by atoms with Gasteiger partial charge in [-0.2, -0.15) is 0 Å². The Morgan fingerprint density at radius 1 is 1.16 bits per heavy atom. The fourth-order valence-electron chi connectivity index (χ4n) is 2.60. The molecular weight excluding hydrogens is 445 g/mol. The summed E-state index contributed by atoms with van der Waals surface area (Å²) in [6, 6.07) is 0. The van der Waals surface area contributed by atoms with Gasteiger partial charge in [-0.1, -0.05) is 13.8 Å². The highest BCUT2D eigenvalue weighted by Gasteiger charge is 2.03. The lowest BCUT2D eigenvalue weighted by Gasteiger charge is -2.20. The molecule has 25 heavy (non-hydrogen) atoms. The summed E-state index contributed by atoms with van der Waals surface area (Å²) in [4.78, 5) is 12.9. The van der Waals surface area contributed by atoms with Gasteiger partial charge in [0, 0.05) is 37.1 Å². The number of rotatable bonds is 12. The van der Waals surface area contributed by atoms with Gasteiger partial charge in [-0.05, 0) is 52.7 Å². The van der Waals surface area contributed by atoms with Crippen LogP contribution in [0.1, 0.15) is 49.9 Å². The van der Waals surface area contributed by atoms with Crippen molar-refractivity contribution in [3.63, 3.8) is 0 Å². The van der Waals surface area contributed by atoms with Crippen molar-refractivity contribution >= 4 is 41.3 Å². The molecule has 1 aromatic rings. The minimum atomic E-state index is 0. The second-order valence-corrected chi connectivity index (χ2v) is 7.32. The number of hydrogen-bond donors (Lipinski definition) is 2. The lowest BCUT2D eigenvalue weighted by molar-refractivity contribution is 0.273. The van der Waals surface area contributed by atoms with Gasteiger partial charge in [0.2, 0.25) is 0 Å². The predicted octanol–water partition coefficient (Wildman–Crippen LogP) is 3.68. The van der Waals surface area contributed by atoms with Gasteiger partial charge in [-0.25, -0.2) is 4.98 Å². The third kappa shape index (κ3) is 11.8. The molecule has 0 atom stereocenters.